The van der Waals surface area contributed by atoms with Gasteiger partial charge in [-0.15, -0.1) is 0 Å². The van der Waals surface area contributed by atoms with Crippen LogP contribution in [0.25, 0.3) is 0 Å². The van der Waals surface area contributed by atoms with Gasteiger partial charge in [0.1, 0.15) is 0 Å². The average Bonchev–Trinajstić information content (AvgIpc) is 2.91. The maximum atomic E-state index is 12.7. The van der Waals surface area contributed by atoms with Crippen molar-refractivity contribution in [2.24, 2.45) is 9.98 Å². The van der Waals surface area contributed by atoms with E-state index in [0.29, 0.717) is 22.0 Å². The van der Waals surface area contributed by atoms with E-state index in [1.807, 2.05) is 30.3 Å². The van der Waals surface area contributed by atoms with E-state index < -0.39 is 11.9 Å². The maximum Gasteiger partial charge on any atom is 2.00 e. The summed E-state index contributed by atoms with van der Waals surface area (Å²) in [5.74, 6) is -1.83. The number of halogens is 1. The van der Waals surface area contributed by atoms with Gasteiger partial charge in [-0.2, -0.15) is 0 Å². The number of hydrogen-bond donors (Lipinski definition) is 0. The zero-order valence-electron chi connectivity index (χ0n) is 19.4. The van der Waals surface area contributed by atoms with Gasteiger partial charge in [0.2, 0.25) is 0 Å². The third-order valence-electron chi connectivity index (χ3n) is 5.23. The van der Waals surface area contributed by atoms with Crippen LogP contribution < -0.4 is 10.2 Å². The molecule has 186 valence electrons. The fourth-order valence-corrected chi connectivity index (χ4v) is 3.58. The first kappa shape index (κ1) is 27.5. The van der Waals surface area contributed by atoms with E-state index in [1.165, 1.54) is 12.4 Å². The quantitative estimate of drug-likeness (QED) is 0.143. The molecule has 0 saturated carbocycles. The average molecular weight is 553 g/mol. The number of carboxylic acids is 1. The van der Waals surface area contributed by atoms with Crippen molar-refractivity contribution in [1.29, 1.82) is 0 Å². The molecule has 0 aliphatic carbocycles. The first-order valence-corrected chi connectivity index (χ1v) is 11.4. The van der Waals surface area contributed by atoms with Crippen LogP contribution in [-0.4, -0.2) is 22.6 Å². The number of benzene rings is 3. The standard InChI is InChI=1S/C29H22ClN3O3.Ni/c30-23-15-13-20(14-16-23)18-22(29(35)36)19-32-27(21-8-2-1-3-9-21)24-10-4-5-11-25(24)33-28(34)26-12-6-7-17-31-26;/h1-17,19H,18H2,(H,33,34)(H,35,36);/q;+2/p-2/b22-19-,32-27?;. The number of carbonyl (C=O) groups excluding carboxylic acids is 1. The molecule has 37 heavy (non-hydrogen) atoms. The second kappa shape index (κ2) is 13.3. The second-order valence-electron chi connectivity index (χ2n) is 7.74. The van der Waals surface area contributed by atoms with E-state index in [-0.39, 0.29) is 34.2 Å². The van der Waals surface area contributed by atoms with E-state index in [4.69, 9.17) is 11.6 Å². The van der Waals surface area contributed by atoms with Gasteiger partial charge >= 0.3 is 16.5 Å². The predicted molar refractivity (Wildman–Crippen MR) is 137 cm³/mol. The molecule has 0 atom stereocenters. The number of pyridine rings is 1. The molecule has 0 N–H and O–H groups in total. The van der Waals surface area contributed by atoms with Crippen molar-refractivity contribution in [3.05, 3.63) is 142 Å². The number of aliphatic carboxylic acids is 1. The second-order valence-corrected chi connectivity index (χ2v) is 8.17. The van der Waals surface area contributed by atoms with E-state index in [9.17, 15) is 15.0 Å². The first-order chi connectivity index (χ1) is 17.5. The van der Waals surface area contributed by atoms with Crippen LogP contribution >= 0.6 is 11.6 Å². The number of nitrogens with zero attached hydrogens (tertiary/aromatic N) is 3. The number of aliphatic imine (C=N–C) groups is 2. The van der Waals surface area contributed by atoms with E-state index >= 15 is 0 Å². The molecule has 8 heteroatoms. The van der Waals surface area contributed by atoms with Crippen LogP contribution in [0.2, 0.25) is 5.02 Å². The molecule has 4 rings (SSSR count). The van der Waals surface area contributed by atoms with E-state index in [2.05, 4.69) is 15.0 Å². The molecule has 0 fully saturated rings. The van der Waals surface area contributed by atoms with Crippen molar-refractivity contribution in [3.8, 4) is 0 Å². The third kappa shape index (κ3) is 7.46. The third-order valence-corrected chi connectivity index (χ3v) is 5.48. The molecule has 0 unspecified atom stereocenters. The molecule has 0 radical (unpaired) electrons. The maximum absolute atomic E-state index is 12.7. The number of rotatable bonds is 8. The minimum atomic E-state index is -1.33. The zero-order chi connectivity index (χ0) is 25.3. The molecule has 0 aliphatic rings. The minimum absolute atomic E-state index is 0. The number of hydrogen-bond acceptors (Lipinski definition) is 6. The van der Waals surface area contributed by atoms with Crippen molar-refractivity contribution in [1.82, 2.24) is 4.98 Å². The summed E-state index contributed by atoms with van der Waals surface area (Å²) in [6.07, 6.45) is 2.91. The molecule has 4 aromatic rings. The monoisotopic (exact) mass is 551 g/mol. The fraction of sp³-hybridized carbons (Fsp3) is 0.0345. The molecule has 6 nitrogen and oxygen atoms in total. The first-order valence-electron chi connectivity index (χ1n) is 11.1. The summed E-state index contributed by atoms with van der Waals surface area (Å²) in [5, 5.41) is 25.2. The van der Waals surface area contributed by atoms with Crippen LogP contribution in [0.15, 0.2) is 125 Å². The van der Waals surface area contributed by atoms with Gasteiger partial charge in [0.15, 0.2) is 0 Å². The number of carbonyl (C=O) groups is 1. The van der Waals surface area contributed by atoms with Gasteiger partial charge in [-0.3, -0.25) is 15.0 Å². The van der Waals surface area contributed by atoms with Gasteiger partial charge in [-0.05, 0) is 41.5 Å². The van der Waals surface area contributed by atoms with Crippen LogP contribution in [0.4, 0.5) is 5.69 Å². The largest absolute Gasteiger partial charge is 2.00 e. The van der Waals surface area contributed by atoms with Gasteiger partial charge < -0.3 is 15.0 Å². The van der Waals surface area contributed by atoms with Gasteiger partial charge in [0.25, 0.3) is 0 Å². The van der Waals surface area contributed by atoms with Gasteiger partial charge in [0.05, 0.1) is 23.1 Å². The molecule has 0 spiro atoms. The summed E-state index contributed by atoms with van der Waals surface area (Å²) in [6.45, 7) is 0. The Morgan fingerprint density at radius 1 is 0.865 bits per heavy atom. The Hall–Kier alpha value is -4.06. The summed E-state index contributed by atoms with van der Waals surface area (Å²) in [7, 11) is 0. The molecule has 3 aromatic carbocycles. The summed E-state index contributed by atoms with van der Waals surface area (Å²) in [6, 6.07) is 28.2. The van der Waals surface area contributed by atoms with Crippen molar-refractivity contribution in [2.45, 2.75) is 6.42 Å². The molecule has 0 bridgehead atoms. The molecule has 0 amide bonds. The summed E-state index contributed by atoms with van der Waals surface area (Å²) in [5.41, 5.74) is 3.09. The Labute approximate surface area is 229 Å². The van der Waals surface area contributed by atoms with Gasteiger partial charge in [-0.1, -0.05) is 78.3 Å². The number of para-hydroxylation sites is 1. The molecule has 1 aromatic heterocycles. The predicted octanol–water partition coefficient (Wildman–Crippen LogP) is 3.89. The number of aromatic nitrogens is 1. The SMILES string of the molecule is O=C([O-])/C(=C\N=C(c1ccccc1)c1ccccc1N=C([O-])c1ccccn1)Cc1ccc(Cl)cc1.[Ni+2]. The molecule has 0 aliphatic heterocycles. The molecular formula is C29H20ClN3NiO3. The Kier molecular flexibility index (Phi) is 9.90. The Bertz CT molecular complexity index is 1440. The van der Waals surface area contributed by atoms with Crippen LogP contribution in [0.1, 0.15) is 22.4 Å². The summed E-state index contributed by atoms with van der Waals surface area (Å²) >= 11 is 5.94. The molecule has 1 heterocycles. The zero-order valence-corrected chi connectivity index (χ0v) is 21.1. The van der Waals surface area contributed by atoms with Gasteiger partial charge in [0, 0.05) is 40.9 Å². The smallest absolute Gasteiger partial charge is 0.857 e. The van der Waals surface area contributed by atoms with Crippen LogP contribution in [0.3, 0.4) is 0 Å². The van der Waals surface area contributed by atoms with Crippen LogP contribution in [0.5, 0.6) is 0 Å². The van der Waals surface area contributed by atoms with Crippen LogP contribution in [0, 0.1) is 0 Å². The Morgan fingerprint density at radius 2 is 1.54 bits per heavy atom. The van der Waals surface area contributed by atoms with Crippen molar-refractivity contribution >= 4 is 34.9 Å². The minimum Gasteiger partial charge on any atom is -0.857 e. The topological polar surface area (TPSA) is 101 Å². The number of carboxylic acid groups (broad SMARTS) is 1. The van der Waals surface area contributed by atoms with E-state index in [1.54, 1.807) is 66.7 Å². The molecular weight excluding hydrogens is 532 g/mol. The van der Waals surface area contributed by atoms with Crippen LogP contribution in [-0.2, 0) is 27.7 Å². The van der Waals surface area contributed by atoms with Crippen molar-refractivity contribution < 1.29 is 31.5 Å². The van der Waals surface area contributed by atoms with E-state index in [0.717, 1.165) is 11.1 Å². The Balaban J connectivity index is 0.00000380. The van der Waals surface area contributed by atoms with Gasteiger partial charge in [-0.25, -0.2) is 0 Å². The summed E-state index contributed by atoms with van der Waals surface area (Å²) in [4.78, 5) is 24.8. The summed E-state index contributed by atoms with van der Waals surface area (Å²) < 4.78 is 0. The van der Waals surface area contributed by atoms with Crippen molar-refractivity contribution in [2.75, 3.05) is 0 Å². The normalized spacial score (nSPS) is 12.1. The molecule has 0 saturated heterocycles. The fourth-order valence-electron chi connectivity index (χ4n) is 3.46. The Morgan fingerprint density at radius 3 is 2.22 bits per heavy atom. The van der Waals surface area contributed by atoms with Crippen molar-refractivity contribution in [3.63, 3.8) is 0 Å².